The number of aryl methyl sites for hydroxylation is 1. The normalized spacial score (nSPS) is 11.6. The predicted molar refractivity (Wildman–Crippen MR) is 110 cm³/mol. The summed E-state index contributed by atoms with van der Waals surface area (Å²) in [4.78, 5) is 10.7. The van der Waals surface area contributed by atoms with Crippen molar-refractivity contribution in [3.63, 3.8) is 0 Å². The van der Waals surface area contributed by atoms with E-state index in [1.165, 1.54) is 12.1 Å². The lowest BCUT2D eigenvalue weighted by molar-refractivity contribution is -0.137. The molecule has 0 unspecified atom stereocenters. The molecule has 0 bridgehead atoms. The van der Waals surface area contributed by atoms with Gasteiger partial charge in [-0.25, -0.2) is 4.98 Å². The molecular formula is C22H16F3N3S. The molecule has 146 valence electrons. The summed E-state index contributed by atoms with van der Waals surface area (Å²) in [6.45, 7) is 1.87. The monoisotopic (exact) mass is 411 g/mol. The molecule has 3 nitrogen and oxygen atoms in total. The average molecular weight is 411 g/mol. The first-order valence-electron chi connectivity index (χ1n) is 8.78. The zero-order chi connectivity index (χ0) is 20.6. The first-order valence-corrected chi connectivity index (χ1v) is 9.60. The van der Waals surface area contributed by atoms with Gasteiger partial charge in [-0.2, -0.15) is 13.2 Å². The summed E-state index contributed by atoms with van der Waals surface area (Å²) in [5.74, 6) is 0.465. The molecule has 0 spiro atoms. The Kier molecular flexibility index (Phi) is 4.84. The molecule has 3 heterocycles. The van der Waals surface area contributed by atoms with Gasteiger partial charge < -0.3 is 5.73 Å². The fourth-order valence-electron chi connectivity index (χ4n) is 2.99. The van der Waals surface area contributed by atoms with E-state index < -0.39 is 11.7 Å². The van der Waals surface area contributed by atoms with Gasteiger partial charge in [0.25, 0.3) is 0 Å². The van der Waals surface area contributed by atoms with Gasteiger partial charge in [0.15, 0.2) is 0 Å². The van der Waals surface area contributed by atoms with Crippen LogP contribution in [-0.2, 0) is 6.18 Å². The van der Waals surface area contributed by atoms with E-state index in [2.05, 4.69) is 9.97 Å². The highest BCUT2D eigenvalue weighted by atomic mass is 32.1. The Morgan fingerprint density at radius 1 is 0.828 bits per heavy atom. The highest BCUT2D eigenvalue weighted by Crippen LogP contribution is 2.36. The second kappa shape index (κ2) is 7.33. The second-order valence-corrected chi connectivity index (χ2v) is 7.68. The molecule has 0 aliphatic carbocycles. The molecule has 7 heteroatoms. The molecule has 3 aromatic heterocycles. The Balaban J connectivity index is 1.68. The number of aromatic nitrogens is 2. The molecule has 0 fully saturated rings. The molecule has 2 N–H and O–H groups in total. The molecule has 0 saturated carbocycles. The summed E-state index contributed by atoms with van der Waals surface area (Å²) in [7, 11) is 0. The summed E-state index contributed by atoms with van der Waals surface area (Å²) < 4.78 is 38.4. The standard InChI is InChI=1S/C22H16F3N3S/c1-13-10-16(14-2-5-17(6-3-14)22(23,24)25)11-18(28-13)20-8-7-19(29-20)15-4-9-21(26)27-12-15/h2-12H,1H3,(H2,26,27). The van der Waals surface area contributed by atoms with E-state index in [0.717, 1.165) is 44.4 Å². The first kappa shape index (κ1) is 19.1. The predicted octanol–water partition coefficient (Wildman–Crippen LogP) is 6.45. The van der Waals surface area contributed by atoms with Crippen LogP contribution in [0.1, 0.15) is 11.3 Å². The summed E-state index contributed by atoms with van der Waals surface area (Å²) in [6, 6.07) is 16.6. The number of halogens is 3. The number of pyridine rings is 2. The molecule has 0 saturated heterocycles. The summed E-state index contributed by atoms with van der Waals surface area (Å²) in [5.41, 5.74) is 9.05. The largest absolute Gasteiger partial charge is 0.416 e. The molecular weight excluding hydrogens is 395 g/mol. The molecule has 0 amide bonds. The minimum atomic E-state index is -4.35. The number of alkyl halides is 3. The van der Waals surface area contributed by atoms with Crippen LogP contribution in [0.2, 0.25) is 0 Å². The van der Waals surface area contributed by atoms with Gasteiger partial charge in [0, 0.05) is 22.3 Å². The topological polar surface area (TPSA) is 51.8 Å². The quantitative estimate of drug-likeness (QED) is 0.422. The van der Waals surface area contributed by atoms with Crippen molar-refractivity contribution in [1.29, 1.82) is 0 Å². The lowest BCUT2D eigenvalue weighted by atomic mass is 10.0. The number of benzene rings is 1. The van der Waals surface area contributed by atoms with Crippen molar-refractivity contribution in [2.45, 2.75) is 13.1 Å². The maximum Gasteiger partial charge on any atom is 0.416 e. The van der Waals surface area contributed by atoms with E-state index >= 15 is 0 Å². The van der Waals surface area contributed by atoms with Crippen molar-refractivity contribution in [3.05, 3.63) is 78.1 Å². The number of rotatable bonds is 3. The number of nitrogens with two attached hydrogens (primary N) is 1. The van der Waals surface area contributed by atoms with Gasteiger partial charge in [-0.3, -0.25) is 4.98 Å². The van der Waals surface area contributed by atoms with Gasteiger partial charge in [0.05, 0.1) is 16.1 Å². The minimum absolute atomic E-state index is 0.465. The number of hydrogen-bond acceptors (Lipinski definition) is 4. The van der Waals surface area contributed by atoms with Gasteiger partial charge in [-0.05, 0) is 66.6 Å². The Labute approximate surface area is 169 Å². The highest BCUT2D eigenvalue weighted by Gasteiger charge is 2.30. The number of thiophene rings is 1. The molecule has 0 aliphatic rings. The SMILES string of the molecule is Cc1cc(-c2ccc(C(F)(F)F)cc2)cc(-c2ccc(-c3ccc(N)nc3)s2)n1. The summed E-state index contributed by atoms with van der Waals surface area (Å²) in [6.07, 6.45) is -2.62. The third-order valence-electron chi connectivity index (χ3n) is 4.43. The van der Waals surface area contributed by atoms with E-state index in [1.54, 1.807) is 23.6 Å². The summed E-state index contributed by atoms with van der Waals surface area (Å²) in [5, 5.41) is 0. The zero-order valence-corrected chi connectivity index (χ0v) is 16.2. The molecule has 1 aromatic carbocycles. The molecule has 0 radical (unpaired) electrons. The van der Waals surface area contributed by atoms with Crippen LogP contribution in [0, 0.1) is 6.92 Å². The van der Waals surface area contributed by atoms with Gasteiger partial charge >= 0.3 is 6.18 Å². The molecule has 29 heavy (non-hydrogen) atoms. The average Bonchev–Trinajstić information content (AvgIpc) is 3.18. The fourth-order valence-corrected chi connectivity index (χ4v) is 3.95. The third-order valence-corrected chi connectivity index (χ3v) is 5.59. The highest BCUT2D eigenvalue weighted by molar-refractivity contribution is 7.18. The second-order valence-electron chi connectivity index (χ2n) is 6.59. The lowest BCUT2D eigenvalue weighted by Gasteiger charge is -2.09. The van der Waals surface area contributed by atoms with Crippen molar-refractivity contribution >= 4 is 17.2 Å². The van der Waals surface area contributed by atoms with Crippen LogP contribution >= 0.6 is 11.3 Å². The van der Waals surface area contributed by atoms with Crippen molar-refractivity contribution < 1.29 is 13.2 Å². The van der Waals surface area contributed by atoms with E-state index in [-0.39, 0.29) is 0 Å². The van der Waals surface area contributed by atoms with Crippen LogP contribution in [0.4, 0.5) is 19.0 Å². The van der Waals surface area contributed by atoms with E-state index in [1.807, 2.05) is 37.3 Å². The van der Waals surface area contributed by atoms with Crippen molar-refractivity contribution in [3.8, 4) is 32.1 Å². The Morgan fingerprint density at radius 2 is 1.52 bits per heavy atom. The Bertz CT molecular complexity index is 1150. The van der Waals surface area contributed by atoms with Crippen LogP contribution in [-0.4, -0.2) is 9.97 Å². The van der Waals surface area contributed by atoms with Crippen LogP contribution in [0.3, 0.4) is 0 Å². The number of nitrogen functional groups attached to an aromatic ring is 1. The lowest BCUT2D eigenvalue weighted by Crippen LogP contribution is -2.04. The minimum Gasteiger partial charge on any atom is -0.384 e. The van der Waals surface area contributed by atoms with Crippen molar-refractivity contribution in [1.82, 2.24) is 9.97 Å². The van der Waals surface area contributed by atoms with Crippen molar-refractivity contribution in [2.24, 2.45) is 0 Å². The van der Waals surface area contributed by atoms with E-state index in [9.17, 15) is 13.2 Å². The fraction of sp³-hybridized carbons (Fsp3) is 0.0909. The number of nitrogens with zero attached hydrogens (tertiary/aromatic N) is 2. The van der Waals surface area contributed by atoms with Crippen LogP contribution < -0.4 is 5.73 Å². The van der Waals surface area contributed by atoms with Crippen molar-refractivity contribution in [2.75, 3.05) is 5.73 Å². The van der Waals surface area contributed by atoms with Crippen LogP contribution in [0.15, 0.2) is 66.9 Å². The molecule has 4 rings (SSSR count). The van der Waals surface area contributed by atoms with Crippen LogP contribution in [0.25, 0.3) is 32.1 Å². The first-order chi connectivity index (χ1) is 13.8. The third kappa shape index (κ3) is 4.14. The van der Waals surface area contributed by atoms with Gasteiger partial charge in [0.1, 0.15) is 5.82 Å². The van der Waals surface area contributed by atoms with Gasteiger partial charge in [0.2, 0.25) is 0 Å². The van der Waals surface area contributed by atoms with Gasteiger partial charge in [-0.1, -0.05) is 12.1 Å². The number of anilines is 1. The zero-order valence-electron chi connectivity index (χ0n) is 15.4. The Hall–Kier alpha value is -3.19. The smallest absolute Gasteiger partial charge is 0.384 e. The van der Waals surface area contributed by atoms with Gasteiger partial charge in [-0.15, -0.1) is 11.3 Å². The van der Waals surface area contributed by atoms with E-state index in [0.29, 0.717) is 11.4 Å². The molecule has 4 aromatic rings. The van der Waals surface area contributed by atoms with Crippen LogP contribution in [0.5, 0.6) is 0 Å². The maximum absolute atomic E-state index is 12.8. The Morgan fingerprint density at radius 3 is 2.17 bits per heavy atom. The summed E-state index contributed by atoms with van der Waals surface area (Å²) >= 11 is 1.57. The number of hydrogen-bond donors (Lipinski definition) is 1. The molecule has 0 atom stereocenters. The van der Waals surface area contributed by atoms with E-state index in [4.69, 9.17) is 5.73 Å². The maximum atomic E-state index is 12.8. The molecule has 0 aliphatic heterocycles.